The van der Waals surface area contributed by atoms with E-state index in [0.717, 1.165) is 22.5 Å². The Morgan fingerprint density at radius 1 is 1.21 bits per heavy atom. The zero-order valence-electron chi connectivity index (χ0n) is 21.1. The minimum absolute atomic E-state index is 0.537. The summed E-state index contributed by atoms with van der Waals surface area (Å²) in [5, 5.41) is 11.6. The van der Waals surface area contributed by atoms with Crippen LogP contribution in [0.1, 0.15) is 36.8 Å². The van der Waals surface area contributed by atoms with Gasteiger partial charge in [0.2, 0.25) is 0 Å². The second kappa shape index (κ2) is 12.1. The number of likely N-dealkylation sites (tertiary alicyclic amines) is 1. The number of hydrogen-bond acceptors (Lipinski definition) is 5. The zero-order valence-corrected chi connectivity index (χ0v) is 22.6. The Balaban J connectivity index is 1.31. The monoisotopic (exact) mass is 566 g/mol. The Morgan fingerprint density at radius 3 is 2.66 bits per heavy atom. The van der Waals surface area contributed by atoms with Gasteiger partial charge in [0.05, 0.1) is 28.6 Å². The predicted molar refractivity (Wildman–Crippen MR) is 144 cm³/mol. The van der Waals surface area contributed by atoms with Crippen molar-refractivity contribution in [1.29, 1.82) is 0 Å². The highest BCUT2D eigenvalue weighted by Crippen LogP contribution is 2.38. The van der Waals surface area contributed by atoms with Crippen LogP contribution in [0.4, 0.5) is 13.2 Å². The third-order valence-corrected chi connectivity index (χ3v) is 8.62. The van der Waals surface area contributed by atoms with Crippen molar-refractivity contribution in [3.05, 3.63) is 64.8 Å². The summed E-state index contributed by atoms with van der Waals surface area (Å²) in [6.45, 7) is 1.98. The van der Waals surface area contributed by atoms with Crippen LogP contribution in [0.5, 0.6) is 5.75 Å². The molecule has 1 aromatic heterocycles. The molecule has 0 saturated carbocycles. The first-order valence-corrected chi connectivity index (χ1v) is 13.8. The molecule has 1 saturated heterocycles. The van der Waals surface area contributed by atoms with Crippen LogP contribution in [0.3, 0.4) is 0 Å². The van der Waals surface area contributed by atoms with E-state index in [1.807, 2.05) is 18.2 Å². The summed E-state index contributed by atoms with van der Waals surface area (Å²) in [5.41, 5.74) is 0.319. The summed E-state index contributed by atoms with van der Waals surface area (Å²) in [6, 6.07) is 11.0. The number of hydrogen-bond donors (Lipinski definition) is 1. The van der Waals surface area contributed by atoms with E-state index < -0.39 is 23.1 Å². The fraction of sp³-hybridized carbons (Fsp3) is 0.429. The molecule has 2 aromatic carbocycles. The molecule has 2 heterocycles. The minimum Gasteiger partial charge on any atom is -0.497 e. The summed E-state index contributed by atoms with van der Waals surface area (Å²) >= 11 is 7.86. The number of aromatic nitrogens is 1. The van der Waals surface area contributed by atoms with Crippen molar-refractivity contribution in [2.45, 2.75) is 43.2 Å². The standard InChI is InChI=1S/C28H30ClF3N2O3S/c1-37-20-7-8-25-23(17-20)22(24(29)18-33-25)6-3-9-27(26(35)36)10-12-34(13-11-27)14-15-38-21-5-2-4-19(16-21)28(30,31)32/h2,4-5,7-8,16-18H,3,6,9-15H2,1H3,(H,35,36). The van der Waals surface area contributed by atoms with Gasteiger partial charge in [0.15, 0.2) is 0 Å². The highest BCUT2D eigenvalue weighted by molar-refractivity contribution is 7.99. The second-order valence-corrected chi connectivity index (χ2v) is 11.2. The quantitative estimate of drug-likeness (QED) is 0.262. The Hall–Kier alpha value is -2.49. The SMILES string of the molecule is COc1ccc2ncc(Cl)c(CCCC3(C(=O)O)CCN(CCSc4cccc(C(F)(F)F)c4)CC3)c2c1. The minimum atomic E-state index is -4.35. The molecule has 0 aliphatic carbocycles. The number of carboxylic acids is 1. The molecule has 38 heavy (non-hydrogen) atoms. The summed E-state index contributed by atoms with van der Waals surface area (Å²) in [4.78, 5) is 19.5. The van der Waals surface area contributed by atoms with Crippen LogP contribution < -0.4 is 4.74 Å². The number of fused-ring (bicyclic) bond motifs is 1. The lowest BCUT2D eigenvalue weighted by Gasteiger charge is -2.39. The van der Waals surface area contributed by atoms with Crippen LogP contribution in [0.2, 0.25) is 5.02 Å². The maximum Gasteiger partial charge on any atom is 0.416 e. The van der Waals surface area contributed by atoms with E-state index in [9.17, 15) is 23.1 Å². The van der Waals surface area contributed by atoms with E-state index >= 15 is 0 Å². The second-order valence-electron chi connectivity index (χ2n) is 9.62. The number of rotatable bonds is 10. The van der Waals surface area contributed by atoms with Crippen molar-refractivity contribution in [3.8, 4) is 5.75 Å². The van der Waals surface area contributed by atoms with Gasteiger partial charge in [-0.3, -0.25) is 9.78 Å². The molecule has 1 N–H and O–H groups in total. The molecular weight excluding hydrogens is 537 g/mol. The maximum absolute atomic E-state index is 12.9. The van der Waals surface area contributed by atoms with E-state index in [-0.39, 0.29) is 0 Å². The number of nitrogens with zero attached hydrogens (tertiary/aromatic N) is 2. The fourth-order valence-electron chi connectivity index (χ4n) is 5.02. The van der Waals surface area contributed by atoms with Gasteiger partial charge in [-0.15, -0.1) is 11.8 Å². The average molecular weight is 567 g/mol. The van der Waals surface area contributed by atoms with Gasteiger partial charge >= 0.3 is 12.1 Å². The van der Waals surface area contributed by atoms with Gasteiger partial charge in [0.25, 0.3) is 0 Å². The maximum atomic E-state index is 12.9. The third-order valence-electron chi connectivity index (χ3n) is 7.32. The number of piperidine rings is 1. The van der Waals surface area contributed by atoms with Gasteiger partial charge in [0, 0.05) is 28.8 Å². The highest BCUT2D eigenvalue weighted by atomic mass is 35.5. The molecule has 0 radical (unpaired) electrons. The molecule has 1 aliphatic rings. The zero-order chi connectivity index (χ0) is 27.3. The van der Waals surface area contributed by atoms with Gasteiger partial charge in [-0.05, 0) is 87.2 Å². The van der Waals surface area contributed by atoms with Crippen LogP contribution in [0, 0.1) is 5.41 Å². The molecule has 10 heteroatoms. The van der Waals surface area contributed by atoms with Crippen molar-refractivity contribution in [3.63, 3.8) is 0 Å². The van der Waals surface area contributed by atoms with Crippen LogP contribution in [0.15, 0.2) is 53.6 Å². The van der Waals surface area contributed by atoms with E-state index in [2.05, 4.69) is 9.88 Å². The molecule has 3 aromatic rings. The van der Waals surface area contributed by atoms with Crippen molar-refractivity contribution >= 4 is 40.2 Å². The number of pyridine rings is 1. The summed E-state index contributed by atoms with van der Waals surface area (Å²) in [7, 11) is 1.60. The number of aliphatic carboxylic acids is 1. The van der Waals surface area contributed by atoms with Crippen LogP contribution in [-0.4, -0.2) is 53.5 Å². The van der Waals surface area contributed by atoms with Gasteiger partial charge in [-0.2, -0.15) is 13.2 Å². The Bertz CT molecular complexity index is 1280. The number of aryl methyl sites for hydroxylation is 1. The smallest absolute Gasteiger partial charge is 0.416 e. The topological polar surface area (TPSA) is 62.7 Å². The molecule has 1 fully saturated rings. The Labute approximate surface area is 229 Å². The van der Waals surface area contributed by atoms with Crippen molar-refractivity contribution in [2.24, 2.45) is 5.41 Å². The average Bonchev–Trinajstić information content (AvgIpc) is 2.90. The molecule has 0 bridgehead atoms. The molecule has 5 nitrogen and oxygen atoms in total. The van der Waals surface area contributed by atoms with E-state index in [1.54, 1.807) is 19.4 Å². The number of benzene rings is 2. The number of methoxy groups -OCH3 is 1. The van der Waals surface area contributed by atoms with Crippen LogP contribution in [-0.2, 0) is 17.4 Å². The number of alkyl halides is 3. The summed E-state index contributed by atoms with van der Waals surface area (Å²) < 4.78 is 44.2. The number of halogens is 4. The normalized spacial score (nSPS) is 16.0. The Kier molecular flexibility index (Phi) is 9.11. The van der Waals surface area contributed by atoms with E-state index in [1.165, 1.54) is 23.9 Å². The number of carboxylic acid groups (broad SMARTS) is 1. The molecule has 204 valence electrons. The first kappa shape index (κ1) is 28.5. The molecule has 4 rings (SSSR count). The molecule has 0 spiro atoms. The molecule has 0 amide bonds. The van der Waals surface area contributed by atoms with Gasteiger partial charge < -0.3 is 14.7 Å². The predicted octanol–water partition coefficient (Wildman–Crippen LogP) is 7.20. The summed E-state index contributed by atoms with van der Waals surface area (Å²) in [5.74, 6) is 0.574. The summed E-state index contributed by atoms with van der Waals surface area (Å²) in [6.07, 6.45) is 0.204. The lowest BCUT2D eigenvalue weighted by Crippen LogP contribution is -2.45. The highest BCUT2D eigenvalue weighted by Gasteiger charge is 2.40. The number of thioether (sulfide) groups is 1. The van der Waals surface area contributed by atoms with E-state index in [4.69, 9.17) is 16.3 Å². The van der Waals surface area contributed by atoms with Gasteiger partial charge in [-0.1, -0.05) is 17.7 Å². The largest absolute Gasteiger partial charge is 0.497 e. The van der Waals surface area contributed by atoms with Crippen molar-refractivity contribution in [1.82, 2.24) is 9.88 Å². The molecule has 0 unspecified atom stereocenters. The molecule has 1 aliphatic heterocycles. The van der Waals surface area contributed by atoms with Crippen LogP contribution in [0.25, 0.3) is 10.9 Å². The van der Waals surface area contributed by atoms with Gasteiger partial charge in [0.1, 0.15) is 5.75 Å². The first-order chi connectivity index (χ1) is 18.1. The first-order valence-electron chi connectivity index (χ1n) is 12.5. The van der Waals surface area contributed by atoms with E-state index in [0.29, 0.717) is 73.2 Å². The van der Waals surface area contributed by atoms with Gasteiger partial charge in [-0.25, -0.2) is 0 Å². The lowest BCUT2D eigenvalue weighted by atomic mass is 9.74. The van der Waals surface area contributed by atoms with Crippen molar-refractivity contribution < 1.29 is 27.8 Å². The van der Waals surface area contributed by atoms with Crippen molar-refractivity contribution in [2.75, 3.05) is 32.5 Å². The fourth-order valence-corrected chi connectivity index (χ4v) is 6.23. The number of carbonyl (C=O) groups is 1. The van der Waals surface area contributed by atoms with Crippen LogP contribution >= 0.6 is 23.4 Å². The molecular formula is C28H30ClF3N2O3S. The third kappa shape index (κ3) is 6.74. The Morgan fingerprint density at radius 2 is 1.97 bits per heavy atom. The lowest BCUT2D eigenvalue weighted by molar-refractivity contribution is -0.152. The number of ether oxygens (including phenoxy) is 1. The molecule has 0 atom stereocenters.